The first-order valence-corrected chi connectivity index (χ1v) is 19.1. The first-order valence-electron chi connectivity index (χ1n) is 17.6. The standard InChI is InChI=1S/C46H35N3O3S/c1-52-35-27-23-32(24-28-35)39-31-40(33-25-29-37(30-26-33)53(50,51)36-15-6-3-7-16-36)47-46-38(39)17-12-22-45(46)49-43-20-10-8-18-41(43)48(34-13-4-2-5-14-34)42-19-9-11-21-44(42)49/h2,4-6,8-31H,3,7H2,1H3. The monoisotopic (exact) mass is 709 g/mol. The number of hydrogen-bond donors (Lipinski definition) is 0. The summed E-state index contributed by atoms with van der Waals surface area (Å²) in [5, 5.41) is 0.993. The number of rotatable bonds is 7. The van der Waals surface area contributed by atoms with Crippen molar-refractivity contribution < 1.29 is 13.2 Å². The van der Waals surface area contributed by atoms with Gasteiger partial charge in [0.25, 0.3) is 0 Å². The zero-order valence-corrected chi connectivity index (χ0v) is 29.9. The predicted octanol–water partition coefficient (Wildman–Crippen LogP) is 11.8. The fourth-order valence-corrected chi connectivity index (χ4v) is 8.74. The first-order chi connectivity index (χ1) is 26.0. The highest BCUT2D eigenvalue weighted by atomic mass is 32.2. The van der Waals surface area contributed by atoms with Crippen molar-refractivity contribution in [2.45, 2.75) is 17.7 Å². The minimum Gasteiger partial charge on any atom is -0.497 e. The van der Waals surface area contributed by atoms with Crippen LogP contribution in [0.5, 0.6) is 5.75 Å². The number of hydrogen-bond acceptors (Lipinski definition) is 6. The lowest BCUT2D eigenvalue weighted by Gasteiger charge is -2.40. The van der Waals surface area contributed by atoms with Crippen molar-refractivity contribution in [2.75, 3.05) is 16.9 Å². The van der Waals surface area contributed by atoms with E-state index in [1.54, 1.807) is 31.4 Å². The summed E-state index contributed by atoms with van der Waals surface area (Å²) in [6.07, 6.45) is 6.99. The van der Waals surface area contributed by atoms with Crippen molar-refractivity contribution in [1.29, 1.82) is 0 Å². The van der Waals surface area contributed by atoms with Crippen molar-refractivity contribution in [3.05, 3.63) is 175 Å². The molecule has 6 aromatic carbocycles. The quantitative estimate of drug-likeness (QED) is 0.164. The predicted molar refractivity (Wildman–Crippen MR) is 216 cm³/mol. The molecule has 1 aromatic heterocycles. The zero-order valence-electron chi connectivity index (χ0n) is 29.1. The molecule has 0 N–H and O–H groups in total. The molecule has 6 nitrogen and oxygen atoms in total. The lowest BCUT2D eigenvalue weighted by molar-refractivity contribution is 0.415. The summed E-state index contributed by atoms with van der Waals surface area (Å²) in [6.45, 7) is 0. The van der Waals surface area contributed by atoms with Gasteiger partial charge in [-0.25, -0.2) is 13.4 Å². The van der Waals surface area contributed by atoms with Gasteiger partial charge >= 0.3 is 0 Å². The first kappa shape index (κ1) is 32.5. The minimum atomic E-state index is -3.62. The van der Waals surface area contributed by atoms with Crippen LogP contribution in [0.3, 0.4) is 0 Å². The normalized spacial score (nSPS) is 13.7. The number of fused-ring (bicyclic) bond motifs is 3. The highest BCUT2D eigenvalue weighted by Gasteiger charge is 2.31. The molecule has 0 atom stereocenters. The number of anilines is 6. The molecular weight excluding hydrogens is 675 g/mol. The number of allylic oxidation sites excluding steroid dienone is 3. The topological polar surface area (TPSA) is 62.7 Å². The number of methoxy groups -OCH3 is 1. The molecule has 258 valence electrons. The highest BCUT2D eigenvalue weighted by molar-refractivity contribution is 7.95. The van der Waals surface area contributed by atoms with Gasteiger partial charge in [0.2, 0.25) is 9.84 Å². The van der Waals surface area contributed by atoms with Crippen LogP contribution in [0.1, 0.15) is 12.8 Å². The number of sulfone groups is 1. The second-order valence-electron chi connectivity index (χ2n) is 13.1. The molecule has 0 radical (unpaired) electrons. The summed E-state index contributed by atoms with van der Waals surface area (Å²) in [5.74, 6) is 0.775. The Morgan fingerprint density at radius 3 is 1.83 bits per heavy atom. The SMILES string of the molecule is COc1ccc(-c2cc(-c3ccc(S(=O)(=O)C4=CCCC=C4)cc3)nc3c(N4c5ccccc5N(c5ccccc5)c5ccccc54)cccc23)cc1. The van der Waals surface area contributed by atoms with Crippen LogP contribution in [0, 0.1) is 0 Å². The molecule has 2 aliphatic rings. The van der Waals surface area contributed by atoms with Gasteiger partial charge in [-0.05, 0) is 103 Å². The molecule has 0 saturated heterocycles. The number of ether oxygens (including phenoxy) is 1. The van der Waals surface area contributed by atoms with E-state index >= 15 is 0 Å². The number of pyridine rings is 1. The number of aromatic nitrogens is 1. The van der Waals surface area contributed by atoms with Gasteiger partial charge in [0.15, 0.2) is 0 Å². The molecule has 0 fully saturated rings. The van der Waals surface area contributed by atoms with Gasteiger partial charge in [0, 0.05) is 16.6 Å². The third kappa shape index (κ3) is 5.66. The van der Waals surface area contributed by atoms with Crippen LogP contribution in [0.4, 0.5) is 34.1 Å². The molecule has 0 bridgehead atoms. The zero-order chi connectivity index (χ0) is 35.9. The van der Waals surface area contributed by atoms with Crippen molar-refractivity contribution in [3.8, 4) is 28.1 Å². The van der Waals surface area contributed by atoms with E-state index in [-0.39, 0.29) is 4.90 Å². The smallest absolute Gasteiger partial charge is 0.206 e. The molecule has 1 aliphatic carbocycles. The molecule has 0 amide bonds. The van der Waals surface area contributed by atoms with E-state index in [9.17, 15) is 8.42 Å². The Hall–Kier alpha value is -6.44. The van der Waals surface area contributed by atoms with Crippen LogP contribution in [-0.2, 0) is 9.84 Å². The summed E-state index contributed by atoms with van der Waals surface area (Å²) in [4.78, 5) is 10.6. The summed E-state index contributed by atoms with van der Waals surface area (Å²) >= 11 is 0. The summed E-state index contributed by atoms with van der Waals surface area (Å²) in [6, 6.07) is 51.0. The second kappa shape index (κ2) is 13.3. The van der Waals surface area contributed by atoms with E-state index in [0.29, 0.717) is 4.91 Å². The van der Waals surface area contributed by atoms with E-state index in [1.165, 1.54) is 0 Å². The molecule has 1 aliphatic heterocycles. The number of para-hydroxylation sites is 6. The lowest BCUT2D eigenvalue weighted by Crippen LogP contribution is -2.24. The molecule has 0 unspecified atom stereocenters. The highest BCUT2D eigenvalue weighted by Crippen LogP contribution is 2.55. The van der Waals surface area contributed by atoms with Gasteiger partial charge in [-0.1, -0.05) is 91.0 Å². The number of nitrogens with zero attached hydrogens (tertiary/aromatic N) is 3. The lowest BCUT2D eigenvalue weighted by atomic mass is 9.96. The van der Waals surface area contributed by atoms with E-state index < -0.39 is 9.84 Å². The molecule has 53 heavy (non-hydrogen) atoms. The Bertz CT molecular complexity index is 2620. The van der Waals surface area contributed by atoms with Gasteiger partial charge in [0.05, 0.1) is 56.6 Å². The van der Waals surface area contributed by atoms with Gasteiger partial charge in [-0.3, -0.25) is 0 Å². The van der Waals surface area contributed by atoms with Gasteiger partial charge in [-0.2, -0.15) is 0 Å². The van der Waals surface area contributed by atoms with Crippen LogP contribution in [0.15, 0.2) is 180 Å². The van der Waals surface area contributed by atoms with Crippen molar-refractivity contribution in [2.24, 2.45) is 0 Å². The maximum atomic E-state index is 13.5. The fraction of sp³-hybridized carbons (Fsp3) is 0.0652. The molecule has 7 heteroatoms. The van der Waals surface area contributed by atoms with E-state index in [0.717, 1.165) is 86.0 Å². The van der Waals surface area contributed by atoms with Crippen LogP contribution in [0.25, 0.3) is 33.3 Å². The summed E-state index contributed by atoms with van der Waals surface area (Å²) < 4.78 is 32.5. The van der Waals surface area contributed by atoms with Crippen LogP contribution in [0.2, 0.25) is 0 Å². The number of benzene rings is 6. The largest absolute Gasteiger partial charge is 0.497 e. The fourth-order valence-electron chi connectivity index (χ4n) is 7.36. The molecule has 0 spiro atoms. The van der Waals surface area contributed by atoms with E-state index in [1.807, 2.05) is 36.4 Å². The molecule has 0 saturated carbocycles. The average Bonchev–Trinajstić information content (AvgIpc) is 3.23. The maximum Gasteiger partial charge on any atom is 0.206 e. The Morgan fingerprint density at radius 2 is 1.21 bits per heavy atom. The maximum absolute atomic E-state index is 13.5. The Kier molecular flexibility index (Phi) is 8.13. The second-order valence-corrected chi connectivity index (χ2v) is 15.0. The van der Waals surface area contributed by atoms with Gasteiger partial charge in [-0.15, -0.1) is 0 Å². The van der Waals surface area contributed by atoms with E-state index in [4.69, 9.17) is 9.72 Å². The van der Waals surface area contributed by atoms with Crippen molar-refractivity contribution in [1.82, 2.24) is 4.98 Å². The molecular formula is C46H35N3O3S. The van der Waals surface area contributed by atoms with Gasteiger partial charge in [0.1, 0.15) is 5.75 Å². The van der Waals surface area contributed by atoms with E-state index in [2.05, 4.69) is 119 Å². The Balaban J connectivity index is 1.25. The minimum absolute atomic E-state index is 0.264. The van der Waals surface area contributed by atoms with Crippen LogP contribution in [-0.4, -0.2) is 20.5 Å². The molecule has 2 heterocycles. The third-order valence-electron chi connectivity index (χ3n) is 9.93. The Labute approximate surface area is 309 Å². The summed E-state index contributed by atoms with van der Waals surface area (Å²) in [7, 11) is -1.96. The van der Waals surface area contributed by atoms with Crippen molar-refractivity contribution in [3.63, 3.8) is 0 Å². The van der Waals surface area contributed by atoms with Crippen LogP contribution >= 0.6 is 0 Å². The Morgan fingerprint density at radius 1 is 0.604 bits per heavy atom. The third-order valence-corrected chi connectivity index (χ3v) is 11.7. The van der Waals surface area contributed by atoms with Crippen molar-refractivity contribution >= 4 is 54.9 Å². The molecule has 7 aromatic rings. The molecule has 9 rings (SSSR count). The summed E-state index contributed by atoms with van der Waals surface area (Å²) in [5.41, 5.74) is 10.6. The van der Waals surface area contributed by atoms with Gasteiger partial charge < -0.3 is 14.5 Å². The van der Waals surface area contributed by atoms with Crippen LogP contribution < -0.4 is 14.5 Å². The average molecular weight is 710 g/mol.